The van der Waals surface area contributed by atoms with E-state index in [1.54, 1.807) is 0 Å². The lowest BCUT2D eigenvalue weighted by molar-refractivity contribution is -0.142. The number of hydrogen-bond acceptors (Lipinski definition) is 2. The number of allylic oxidation sites excluding steroid dienone is 2. The van der Waals surface area contributed by atoms with Crippen molar-refractivity contribution in [3.8, 4) is 0 Å². The molecule has 0 saturated heterocycles. The summed E-state index contributed by atoms with van der Waals surface area (Å²) in [6.45, 7) is 6.44. The number of ether oxygens (including phenoxy) is 1. The zero-order valence-corrected chi connectivity index (χ0v) is 8.67. The van der Waals surface area contributed by atoms with Crippen LogP contribution in [0.5, 0.6) is 0 Å². The second kappa shape index (κ2) is 4.45. The Hall–Kier alpha value is -0.790. The molecule has 2 nitrogen and oxygen atoms in total. The third-order valence-corrected chi connectivity index (χ3v) is 2.72. The molecule has 0 saturated carbocycles. The SMILES string of the molecule is CC(=O)OC[C@@H]1CC=C(C)C[C@H]1C. The van der Waals surface area contributed by atoms with Crippen molar-refractivity contribution in [3.05, 3.63) is 11.6 Å². The number of carbonyl (C=O) groups excluding carboxylic acids is 1. The summed E-state index contributed by atoms with van der Waals surface area (Å²) in [6.07, 6.45) is 4.46. The summed E-state index contributed by atoms with van der Waals surface area (Å²) in [5.41, 5.74) is 1.46. The van der Waals surface area contributed by atoms with Gasteiger partial charge in [-0.05, 0) is 31.6 Å². The minimum Gasteiger partial charge on any atom is -0.466 e. The van der Waals surface area contributed by atoms with Crippen LogP contribution in [0, 0.1) is 11.8 Å². The fourth-order valence-electron chi connectivity index (χ4n) is 1.80. The molecule has 0 bridgehead atoms. The Morgan fingerprint density at radius 1 is 1.69 bits per heavy atom. The summed E-state index contributed by atoms with van der Waals surface area (Å²) >= 11 is 0. The van der Waals surface area contributed by atoms with E-state index >= 15 is 0 Å². The quantitative estimate of drug-likeness (QED) is 0.484. The second-order valence-electron chi connectivity index (χ2n) is 4.03. The van der Waals surface area contributed by atoms with Gasteiger partial charge in [0.05, 0.1) is 6.61 Å². The summed E-state index contributed by atoms with van der Waals surface area (Å²) in [6, 6.07) is 0. The van der Waals surface area contributed by atoms with Crippen molar-refractivity contribution < 1.29 is 9.53 Å². The minimum absolute atomic E-state index is 0.168. The summed E-state index contributed by atoms with van der Waals surface area (Å²) in [4.78, 5) is 10.6. The average molecular weight is 182 g/mol. The predicted molar refractivity (Wildman–Crippen MR) is 52.3 cm³/mol. The lowest BCUT2D eigenvalue weighted by Gasteiger charge is -2.26. The van der Waals surface area contributed by atoms with Gasteiger partial charge in [0.15, 0.2) is 0 Å². The van der Waals surface area contributed by atoms with Gasteiger partial charge in [0.2, 0.25) is 0 Å². The van der Waals surface area contributed by atoms with Gasteiger partial charge >= 0.3 is 5.97 Å². The highest BCUT2D eigenvalue weighted by Crippen LogP contribution is 2.29. The van der Waals surface area contributed by atoms with Crippen LogP contribution in [0.15, 0.2) is 11.6 Å². The molecule has 1 aliphatic rings. The Morgan fingerprint density at radius 3 is 2.92 bits per heavy atom. The molecule has 0 radical (unpaired) electrons. The maximum absolute atomic E-state index is 10.6. The van der Waals surface area contributed by atoms with Crippen LogP contribution in [0.3, 0.4) is 0 Å². The number of esters is 1. The van der Waals surface area contributed by atoms with E-state index in [9.17, 15) is 4.79 Å². The first-order chi connectivity index (χ1) is 6.09. The molecular weight excluding hydrogens is 164 g/mol. The third-order valence-electron chi connectivity index (χ3n) is 2.72. The molecule has 1 rings (SSSR count). The summed E-state index contributed by atoms with van der Waals surface area (Å²) in [7, 11) is 0. The fraction of sp³-hybridized carbons (Fsp3) is 0.727. The first-order valence-corrected chi connectivity index (χ1v) is 4.88. The first-order valence-electron chi connectivity index (χ1n) is 4.88. The molecule has 74 valence electrons. The van der Waals surface area contributed by atoms with Crippen molar-refractivity contribution in [1.29, 1.82) is 0 Å². The molecule has 0 aromatic heterocycles. The topological polar surface area (TPSA) is 26.3 Å². The molecule has 0 spiro atoms. The van der Waals surface area contributed by atoms with Crippen molar-refractivity contribution in [2.75, 3.05) is 6.61 Å². The number of carbonyl (C=O) groups is 1. The zero-order valence-electron chi connectivity index (χ0n) is 8.67. The maximum Gasteiger partial charge on any atom is 0.302 e. The predicted octanol–water partition coefficient (Wildman–Crippen LogP) is 2.54. The second-order valence-corrected chi connectivity index (χ2v) is 4.03. The molecule has 0 unspecified atom stereocenters. The Balaban J connectivity index is 2.39. The van der Waals surface area contributed by atoms with E-state index in [1.807, 2.05) is 0 Å². The van der Waals surface area contributed by atoms with Crippen molar-refractivity contribution in [2.45, 2.75) is 33.6 Å². The molecule has 2 atom stereocenters. The average Bonchev–Trinajstić information content (AvgIpc) is 2.02. The fourth-order valence-corrected chi connectivity index (χ4v) is 1.80. The van der Waals surface area contributed by atoms with E-state index in [2.05, 4.69) is 19.9 Å². The molecule has 0 N–H and O–H groups in total. The van der Waals surface area contributed by atoms with Crippen LogP contribution in [-0.2, 0) is 9.53 Å². The number of hydrogen-bond donors (Lipinski definition) is 0. The van der Waals surface area contributed by atoms with Crippen molar-refractivity contribution in [2.24, 2.45) is 11.8 Å². The summed E-state index contributed by atoms with van der Waals surface area (Å²) < 4.78 is 5.02. The molecule has 2 heteroatoms. The van der Waals surface area contributed by atoms with Gasteiger partial charge in [0, 0.05) is 6.92 Å². The van der Waals surface area contributed by atoms with E-state index in [0.29, 0.717) is 18.4 Å². The highest BCUT2D eigenvalue weighted by atomic mass is 16.5. The monoisotopic (exact) mass is 182 g/mol. The maximum atomic E-state index is 10.6. The van der Waals surface area contributed by atoms with Crippen LogP contribution in [0.25, 0.3) is 0 Å². The molecular formula is C11H18O2. The minimum atomic E-state index is -0.168. The molecule has 0 aliphatic heterocycles. The summed E-state index contributed by atoms with van der Waals surface area (Å²) in [5, 5.41) is 0. The van der Waals surface area contributed by atoms with Crippen LogP contribution in [0.2, 0.25) is 0 Å². The molecule has 0 fully saturated rings. The van der Waals surface area contributed by atoms with Gasteiger partial charge in [-0.15, -0.1) is 0 Å². The number of rotatable bonds is 2. The van der Waals surface area contributed by atoms with Gasteiger partial charge in [-0.1, -0.05) is 18.6 Å². The normalized spacial score (nSPS) is 28.1. The largest absolute Gasteiger partial charge is 0.466 e. The molecule has 0 amide bonds. The van der Waals surface area contributed by atoms with Crippen molar-refractivity contribution in [3.63, 3.8) is 0 Å². The van der Waals surface area contributed by atoms with Crippen LogP contribution in [-0.4, -0.2) is 12.6 Å². The zero-order chi connectivity index (χ0) is 9.84. The van der Waals surface area contributed by atoms with E-state index in [1.165, 1.54) is 12.5 Å². The van der Waals surface area contributed by atoms with Crippen molar-refractivity contribution >= 4 is 5.97 Å². The molecule has 0 aromatic carbocycles. The van der Waals surface area contributed by atoms with E-state index in [4.69, 9.17) is 4.74 Å². The van der Waals surface area contributed by atoms with Gasteiger partial charge in [-0.2, -0.15) is 0 Å². The highest BCUT2D eigenvalue weighted by molar-refractivity contribution is 5.65. The Labute approximate surface area is 80.0 Å². The molecule has 0 aromatic rings. The van der Waals surface area contributed by atoms with E-state index < -0.39 is 0 Å². The third kappa shape index (κ3) is 3.21. The highest BCUT2D eigenvalue weighted by Gasteiger charge is 2.21. The van der Waals surface area contributed by atoms with Gasteiger partial charge in [0.1, 0.15) is 0 Å². The standard InChI is InChI=1S/C11H18O2/c1-8-4-5-11(9(2)6-8)7-13-10(3)12/h4,9,11H,5-7H2,1-3H3/t9-,11+/m1/s1. The molecule has 13 heavy (non-hydrogen) atoms. The van der Waals surface area contributed by atoms with Gasteiger partial charge in [-0.3, -0.25) is 4.79 Å². The lowest BCUT2D eigenvalue weighted by atomic mass is 9.82. The first kappa shape index (κ1) is 10.3. The van der Waals surface area contributed by atoms with Gasteiger partial charge < -0.3 is 4.74 Å². The van der Waals surface area contributed by atoms with Crippen LogP contribution < -0.4 is 0 Å². The van der Waals surface area contributed by atoms with Gasteiger partial charge in [-0.25, -0.2) is 0 Å². The van der Waals surface area contributed by atoms with Crippen LogP contribution in [0.1, 0.15) is 33.6 Å². The molecule has 0 heterocycles. The smallest absolute Gasteiger partial charge is 0.302 e. The van der Waals surface area contributed by atoms with Crippen molar-refractivity contribution in [1.82, 2.24) is 0 Å². The molecule has 1 aliphatic carbocycles. The summed E-state index contributed by atoms with van der Waals surface area (Å²) in [5.74, 6) is 0.996. The Morgan fingerprint density at radius 2 is 2.38 bits per heavy atom. The van der Waals surface area contributed by atoms with E-state index in [-0.39, 0.29) is 5.97 Å². The van der Waals surface area contributed by atoms with Gasteiger partial charge in [0.25, 0.3) is 0 Å². The lowest BCUT2D eigenvalue weighted by Crippen LogP contribution is -2.22. The van der Waals surface area contributed by atoms with Crippen LogP contribution >= 0.6 is 0 Å². The van der Waals surface area contributed by atoms with E-state index in [0.717, 1.165) is 12.8 Å². The van der Waals surface area contributed by atoms with Crippen LogP contribution in [0.4, 0.5) is 0 Å². The Bertz CT molecular complexity index is 218. The Kier molecular flexibility index (Phi) is 3.52.